The Morgan fingerprint density at radius 2 is 1.88 bits per heavy atom. The zero-order valence-corrected chi connectivity index (χ0v) is 14.7. The molecule has 0 radical (unpaired) electrons. The Kier molecular flexibility index (Phi) is 5.43. The number of sulfone groups is 1. The van der Waals surface area contributed by atoms with Gasteiger partial charge in [0.25, 0.3) is 0 Å². The number of benzene rings is 1. The average Bonchev–Trinajstić information content (AvgIpc) is 2.77. The van der Waals surface area contributed by atoms with Crippen molar-refractivity contribution >= 4 is 15.7 Å². The maximum absolute atomic E-state index is 12.2. The van der Waals surface area contributed by atoms with Gasteiger partial charge in [0.1, 0.15) is 15.6 Å². The molecular formula is C18H25NO4S. The number of ether oxygens (including phenoxy) is 1. The number of hydrogen-bond donors (Lipinski definition) is 1. The lowest BCUT2D eigenvalue weighted by molar-refractivity contribution is -0.122. The minimum atomic E-state index is -2.86. The van der Waals surface area contributed by atoms with Crippen LogP contribution < -0.4 is 10.1 Å². The molecule has 6 heteroatoms. The van der Waals surface area contributed by atoms with E-state index in [4.69, 9.17) is 4.74 Å². The normalized spacial score (nSPS) is 23.6. The molecule has 132 valence electrons. The summed E-state index contributed by atoms with van der Waals surface area (Å²) in [6, 6.07) is 8.07. The lowest BCUT2D eigenvalue weighted by Crippen LogP contribution is -2.33. The van der Waals surface area contributed by atoms with E-state index in [2.05, 4.69) is 11.4 Å². The van der Waals surface area contributed by atoms with Gasteiger partial charge in [-0.1, -0.05) is 18.2 Å². The van der Waals surface area contributed by atoms with Gasteiger partial charge < -0.3 is 10.1 Å². The highest BCUT2D eigenvalue weighted by Gasteiger charge is 2.25. The van der Waals surface area contributed by atoms with Crippen LogP contribution in [0.1, 0.15) is 31.2 Å². The Morgan fingerprint density at radius 1 is 1.12 bits per heavy atom. The second-order valence-electron chi connectivity index (χ2n) is 6.92. The van der Waals surface area contributed by atoms with E-state index in [1.807, 2.05) is 18.2 Å². The smallest absolute Gasteiger partial charge is 0.220 e. The minimum Gasteiger partial charge on any atom is -0.493 e. The molecule has 1 amide bonds. The largest absolute Gasteiger partial charge is 0.493 e. The number of nitrogens with one attached hydrogen (secondary N) is 1. The van der Waals surface area contributed by atoms with Crippen LogP contribution in [0.5, 0.6) is 5.75 Å². The molecule has 1 aromatic rings. The van der Waals surface area contributed by atoms with Crippen molar-refractivity contribution in [2.24, 2.45) is 11.8 Å². The van der Waals surface area contributed by atoms with Crippen molar-refractivity contribution in [2.75, 3.05) is 24.7 Å². The minimum absolute atomic E-state index is 0.0396. The fraction of sp³-hybridized carbons (Fsp3) is 0.611. The van der Waals surface area contributed by atoms with Crippen molar-refractivity contribution in [3.05, 3.63) is 29.8 Å². The van der Waals surface area contributed by atoms with Crippen LogP contribution in [0.4, 0.5) is 0 Å². The summed E-state index contributed by atoms with van der Waals surface area (Å²) in [4.78, 5) is 12.2. The predicted octanol–water partition coefficient (Wildman–Crippen LogP) is 1.96. The fourth-order valence-corrected chi connectivity index (χ4v) is 5.06. The van der Waals surface area contributed by atoms with Crippen molar-refractivity contribution in [2.45, 2.75) is 32.1 Å². The molecule has 1 aromatic carbocycles. The van der Waals surface area contributed by atoms with Crippen LogP contribution in [-0.2, 0) is 21.1 Å². The molecule has 0 saturated carbocycles. The van der Waals surface area contributed by atoms with Gasteiger partial charge in [0.05, 0.1) is 18.1 Å². The van der Waals surface area contributed by atoms with Gasteiger partial charge in [-0.3, -0.25) is 4.79 Å². The van der Waals surface area contributed by atoms with Gasteiger partial charge in [0.15, 0.2) is 0 Å². The molecular weight excluding hydrogens is 326 g/mol. The third-order valence-electron chi connectivity index (χ3n) is 5.00. The van der Waals surface area contributed by atoms with Crippen LogP contribution in [0.3, 0.4) is 0 Å². The summed E-state index contributed by atoms with van der Waals surface area (Å²) in [6.45, 7) is 1.33. The molecule has 2 aliphatic heterocycles. The molecule has 0 bridgehead atoms. The topological polar surface area (TPSA) is 72.5 Å². The maximum atomic E-state index is 12.2. The summed E-state index contributed by atoms with van der Waals surface area (Å²) in [7, 11) is -2.86. The quantitative estimate of drug-likeness (QED) is 0.900. The first-order valence-corrected chi connectivity index (χ1v) is 10.5. The van der Waals surface area contributed by atoms with Gasteiger partial charge in [-0.15, -0.1) is 0 Å². The zero-order chi connectivity index (χ0) is 17.0. The molecule has 1 fully saturated rings. The SMILES string of the molecule is O=C(CC1CCS(=O)(=O)CC1)NCC1CCOc2ccccc2C1. The van der Waals surface area contributed by atoms with Gasteiger partial charge in [-0.25, -0.2) is 8.42 Å². The molecule has 1 atom stereocenters. The van der Waals surface area contributed by atoms with Crippen LogP contribution in [0.25, 0.3) is 0 Å². The van der Waals surface area contributed by atoms with E-state index in [1.54, 1.807) is 0 Å². The summed E-state index contributed by atoms with van der Waals surface area (Å²) in [6.07, 6.45) is 3.50. The van der Waals surface area contributed by atoms with E-state index in [0.29, 0.717) is 38.3 Å². The van der Waals surface area contributed by atoms with Crippen molar-refractivity contribution < 1.29 is 17.9 Å². The van der Waals surface area contributed by atoms with E-state index >= 15 is 0 Å². The molecule has 5 nitrogen and oxygen atoms in total. The van der Waals surface area contributed by atoms with Gasteiger partial charge in [0, 0.05) is 13.0 Å². The Morgan fingerprint density at radius 3 is 2.67 bits per heavy atom. The number of para-hydroxylation sites is 1. The fourth-order valence-electron chi connectivity index (χ4n) is 3.47. The Hall–Kier alpha value is -1.56. The third-order valence-corrected chi connectivity index (χ3v) is 6.72. The van der Waals surface area contributed by atoms with Crippen LogP contribution in [-0.4, -0.2) is 39.0 Å². The van der Waals surface area contributed by atoms with E-state index in [0.717, 1.165) is 18.6 Å². The summed E-state index contributed by atoms with van der Waals surface area (Å²) >= 11 is 0. The summed E-state index contributed by atoms with van der Waals surface area (Å²) < 4.78 is 28.6. The highest BCUT2D eigenvalue weighted by molar-refractivity contribution is 7.91. The molecule has 0 spiro atoms. The lowest BCUT2D eigenvalue weighted by Gasteiger charge is -2.22. The van der Waals surface area contributed by atoms with Crippen molar-refractivity contribution in [1.29, 1.82) is 0 Å². The molecule has 1 unspecified atom stereocenters. The predicted molar refractivity (Wildman–Crippen MR) is 92.8 cm³/mol. The molecule has 1 saturated heterocycles. The van der Waals surface area contributed by atoms with Crippen molar-refractivity contribution in [3.63, 3.8) is 0 Å². The second kappa shape index (κ2) is 7.55. The summed E-state index contributed by atoms with van der Waals surface area (Å²) in [5.74, 6) is 2.02. The second-order valence-corrected chi connectivity index (χ2v) is 9.22. The van der Waals surface area contributed by atoms with E-state index in [1.165, 1.54) is 5.56 Å². The van der Waals surface area contributed by atoms with Gasteiger partial charge >= 0.3 is 0 Å². The van der Waals surface area contributed by atoms with E-state index in [9.17, 15) is 13.2 Å². The Balaban J connectivity index is 1.45. The number of carbonyl (C=O) groups is 1. The van der Waals surface area contributed by atoms with Crippen LogP contribution >= 0.6 is 0 Å². The lowest BCUT2D eigenvalue weighted by atomic mass is 9.96. The molecule has 0 aliphatic carbocycles. The summed E-state index contributed by atoms with van der Waals surface area (Å²) in [5.41, 5.74) is 1.20. The molecule has 24 heavy (non-hydrogen) atoms. The first-order valence-electron chi connectivity index (χ1n) is 8.70. The Labute approximate surface area is 143 Å². The van der Waals surface area contributed by atoms with E-state index < -0.39 is 9.84 Å². The number of amides is 1. The molecule has 3 rings (SSSR count). The first kappa shape index (κ1) is 17.3. The molecule has 2 heterocycles. The highest BCUT2D eigenvalue weighted by Crippen LogP contribution is 2.26. The number of fused-ring (bicyclic) bond motifs is 1. The standard InChI is InChI=1S/C18H25NO4S/c20-18(12-14-6-9-24(21,22)10-7-14)19-13-15-5-8-23-17-4-2-1-3-16(17)11-15/h1-4,14-15H,5-13H2,(H,19,20). The highest BCUT2D eigenvalue weighted by atomic mass is 32.2. The number of hydrogen-bond acceptors (Lipinski definition) is 4. The van der Waals surface area contributed by atoms with E-state index in [-0.39, 0.29) is 23.3 Å². The van der Waals surface area contributed by atoms with Crippen molar-refractivity contribution in [3.8, 4) is 5.75 Å². The van der Waals surface area contributed by atoms with Crippen LogP contribution in [0.15, 0.2) is 24.3 Å². The van der Waals surface area contributed by atoms with Crippen LogP contribution in [0, 0.1) is 11.8 Å². The van der Waals surface area contributed by atoms with Crippen molar-refractivity contribution in [1.82, 2.24) is 5.32 Å². The molecule has 1 N–H and O–H groups in total. The Bertz CT molecular complexity index is 672. The van der Waals surface area contributed by atoms with Gasteiger partial charge in [-0.05, 0) is 49.1 Å². The number of rotatable bonds is 4. The number of carbonyl (C=O) groups excluding carboxylic acids is 1. The van der Waals surface area contributed by atoms with Crippen LogP contribution in [0.2, 0.25) is 0 Å². The third kappa shape index (κ3) is 4.72. The monoisotopic (exact) mass is 351 g/mol. The molecule has 0 aromatic heterocycles. The summed E-state index contributed by atoms with van der Waals surface area (Å²) in [5, 5.41) is 3.04. The zero-order valence-electron chi connectivity index (χ0n) is 13.9. The first-order chi connectivity index (χ1) is 11.5. The van der Waals surface area contributed by atoms with Gasteiger partial charge in [-0.2, -0.15) is 0 Å². The van der Waals surface area contributed by atoms with Gasteiger partial charge in [0.2, 0.25) is 5.91 Å². The maximum Gasteiger partial charge on any atom is 0.220 e. The average molecular weight is 351 g/mol. The molecule has 2 aliphatic rings.